The molecule has 1 aromatic rings. The molecule has 0 aliphatic carbocycles. The van der Waals surface area contributed by atoms with Gasteiger partial charge in [-0.25, -0.2) is 0 Å². The van der Waals surface area contributed by atoms with Crippen LogP contribution in [-0.2, 0) is 0 Å². The Bertz CT molecular complexity index is 485. The summed E-state index contributed by atoms with van der Waals surface area (Å²) >= 11 is 0. The van der Waals surface area contributed by atoms with Gasteiger partial charge in [0.1, 0.15) is 0 Å². The summed E-state index contributed by atoms with van der Waals surface area (Å²) in [4.78, 5) is 2.44. The lowest BCUT2D eigenvalue weighted by Crippen LogP contribution is -2.49. The second-order valence-corrected chi connectivity index (χ2v) is 6.45. The van der Waals surface area contributed by atoms with Gasteiger partial charge in [-0.3, -0.25) is 4.90 Å². The fourth-order valence-corrected chi connectivity index (χ4v) is 3.21. The highest BCUT2D eigenvalue weighted by atomic mass is 16.5. The molecule has 0 saturated carbocycles. The number of hydrogen-bond donors (Lipinski definition) is 2. The van der Waals surface area contributed by atoms with E-state index in [0.717, 1.165) is 43.2 Å². The smallest absolute Gasteiger partial charge is 0.161 e. The molecule has 5 nitrogen and oxygen atoms in total. The molecule has 124 valence electrons. The van der Waals surface area contributed by atoms with Crippen molar-refractivity contribution in [2.45, 2.75) is 19.9 Å². The van der Waals surface area contributed by atoms with E-state index >= 15 is 0 Å². The quantitative estimate of drug-likeness (QED) is 0.837. The maximum Gasteiger partial charge on any atom is 0.161 e. The van der Waals surface area contributed by atoms with Crippen molar-refractivity contribution in [3.8, 4) is 11.5 Å². The number of benzene rings is 1. The van der Waals surface area contributed by atoms with E-state index in [-0.39, 0.29) is 18.1 Å². The Morgan fingerprint density at radius 2 is 1.82 bits per heavy atom. The predicted molar refractivity (Wildman–Crippen MR) is 87.6 cm³/mol. The van der Waals surface area contributed by atoms with Crippen LogP contribution in [0.3, 0.4) is 0 Å². The number of rotatable bonds is 6. The van der Waals surface area contributed by atoms with E-state index in [4.69, 9.17) is 9.47 Å². The lowest BCUT2D eigenvalue weighted by atomic mass is 9.79. The van der Waals surface area contributed by atoms with Crippen LogP contribution in [0, 0.1) is 5.41 Å². The first-order chi connectivity index (χ1) is 10.5. The maximum atomic E-state index is 9.89. The third-order valence-electron chi connectivity index (χ3n) is 4.39. The highest BCUT2D eigenvalue weighted by molar-refractivity contribution is 5.44. The van der Waals surface area contributed by atoms with Crippen molar-refractivity contribution >= 4 is 0 Å². The minimum Gasteiger partial charge on any atom is -0.493 e. The number of hydrogen-bond acceptors (Lipinski definition) is 5. The van der Waals surface area contributed by atoms with Crippen molar-refractivity contribution in [3.05, 3.63) is 23.8 Å². The van der Waals surface area contributed by atoms with Crippen LogP contribution in [0.2, 0.25) is 0 Å². The van der Waals surface area contributed by atoms with E-state index in [0.29, 0.717) is 0 Å². The fourth-order valence-electron chi connectivity index (χ4n) is 3.21. The average molecular weight is 308 g/mol. The fraction of sp³-hybridized carbons (Fsp3) is 0.647. The number of aliphatic hydroxyl groups is 1. The number of aliphatic hydroxyl groups excluding tert-OH is 1. The molecule has 0 amide bonds. The topological polar surface area (TPSA) is 54.0 Å². The summed E-state index contributed by atoms with van der Waals surface area (Å²) in [6.07, 6.45) is 0. The number of ether oxygens (including phenoxy) is 2. The molecule has 5 heteroatoms. The van der Waals surface area contributed by atoms with E-state index in [2.05, 4.69) is 30.1 Å². The summed E-state index contributed by atoms with van der Waals surface area (Å²) in [5.41, 5.74) is 0.912. The Hall–Kier alpha value is -1.30. The first-order valence-electron chi connectivity index (χ1n) is 7.81. The summed E-state index contributed by atoms with van der Waals surface area (Å²) in [5, 5.41) is 13.3. The van der Waals surface area contributed by atoms with Gasteiger partial charge in [-0.05, 0) is 17.7 Å². The SMILES string of the molecule is COc1ccc([C@@H](N2CCNCC2)C(C)(C)CO)cc1OC. The molecular formula is C17H28N2O3. The molecular weight excluding hydrogens is 280 g/mol. The summed E-state index contributed by atoms with van der Waals surface area (Å²) in [7, 11) is 3.29. The van der Waals surface area contributed by atoms with Gasteiger partial charge >= 0.3 is 0 Å². The maximum absolute atomic E-state index is 9.89. The summed E-state index contributed by atoms with van der Waals surface area (Å²) in [5.74, 6) is 1.46. The Labute approximate surface area is 133 Å². The van der Waals surface area contributed by atoms with Gasteiger partial charge in [-0.15, -0.1) is 0 Å². The Balaban J connectivity index is 2.39. The molecule has 1 aliphatic rings. The lowest BCUT2D eigenvalue weighted by Gasteiger charge is -2.43. The minimum absolute atomic E-state index is 0.135. The summed E-state index contributed by atoms with van der Waals surface area (Å²) in [6, 6.07) is 6.19. The van der Waals surface area contributed by atoms with Crippen molar-refractivity contribution < 1.29 is 14.6 Å². The zero-order chi connectivity index (χ0) is 16.2. The summed E-state index contributed by atoms with van der Waals surface area (Å²) < 4.78 is 10.8. The largest absolute Gasteiger partial charge is 0.493 e. The molecule has 0 bridgehead atoms. The van der Waals surface area contributed by atoms with Crippen molar-refractivity contribution in [3.63, 3.8) is 0 Å². The molecule has 1 fully saturated rings. The molecule has 0 spiro atoms. The molecule has 1 aromatic carbocycles. The first-order valence-corrected chi connectivity index (χ1v) is 7.81. The van der Waals surface area contributed by atoms with Crippen LogP contribution in [0.1, 0.15) is 25.5 Å². The van der Waals surface area contributed by atoms with Crippen molar-refractivity contribution in [1.82, 2.24) is 10.2 Å². The molecule has 22 heavy (non-hydrogen) atoms. The van der Waals surface area contributed by atoms with Gasteiger partial charge in [0.25, 0.3) is 0 Å². The second-order valence-electron chi connectivity index (χ2n) is 6.45. The van der Waals surface area contributed by atoms with E-state index in [9.17, 15) is 5.11 Å². The average Bonchev–Trinajstić information content (AvgIpc) is 2.55. The van der Waals surface area contributed by atoms with Crippen LogP contribution >= 0.6 is 0 Å². The number of methoxy groups -OCH3 is 2. The van der Waals surface area contributed by atoms with Gasteiger partial charge in [0.15, 0.2) is 11.5 Å². The monoisotopic (exact) mass is 308 g/mol. The van der Waals surface area contributed by atoms with Gasteiger partial charge in [0.05, 0.1) is 14.2 Å². The zero-order valence-corrected chi connectivity index (χ0v) is 14.1. The predicted octanol–water partition coefficient (Wildman–Crippen LogP) is 1.67. The van der Waals surface area contributed by atoms with Crippen LogP contribution in [0.15, 0.2) is 18.2 Å². The summed E-state index contributed by atoms with van der Waals surface area (Å²) in [6.45, 7) is 8.25. The van der Waals surface area contributed by atoms with Gasteiger partial charge in [-0.2, -0.15) is 0 Å². The van der Waals surface area contributed by atoms with Crippen molar-refractivity contribution in [2.75, 3.05) is 47.0 Å². The van der Waals surface area contributed by atoms with Gasteiger partial charge in [0.2, 0.25) is 0 Å². The highest BCUT2D eigenvalue weighted by Gasteiger charge is 2.36. The third-order valence-corrected chi connectivity index (χ3v) is 4.39. The normalized spacial score (nSPS) is 18.0. The van der Waals surface area contributed by atoms with Gasteiger partial charge in [-0.1, -0.05) is 19.9 Å². The Kier molecular flexibility index (Phi) is 5.67. The minimum atomic E-state index is -0.239. The number of nitrogens with one attached hydrogen (secondary N) is 1. The van der Waals surface area contributed by atoms with E-state index in [1.807, 2.05) is 12.1 Å². The van der Waals surface area contributed by atoms with Gasteiger partial charge < -0.3 is 19.9 Å². The van der Waals surface area contributed by atoms with E-state index in [1.54, 1.807) is 14.2 Å². The second kappa shape index (κ2) is 7.31. The number of nitrogens with zero attached hydrogens (tertiary/aromatic N) is 1. The molecule has 2 N–H and O–H groups in total. The highest BCUT2D eigenvalue weighted by Crippen LogP contribution is 2.41. The van der Waals surface area contributed by atoms with Crippen LogP contribution in [-0.4, -0.2) is 57.0 Å². The van der Waals surface area contributed by atoms with Crippen LogP contribution < -0.4 is 14.8 Å². The molecule has 1 heterocycles. The standard InChI is InChI=1S/C17H28N2O3/c1-17(2,12-20)16(19-9-7-18-8-10-19)13-5-6-14(21-3)15(11-13)22-4/h5-6,11,16,18,20H,7-10,12H2,1-4H3/t16-/m1/s1. The molecule has 0 aromatic heterocycles. The molecule has 1 atom stereocenters. The number of piperazine rings is 1. The molecule has 2 rings (SSSR count). The van der Waals surface area contributed by atoms with E-state index in [1.165, 1.54) is 0 Å². The Morgan fingerprint density at radius 1 is 1.18 bits per heavy atom. The van der Waals surface area contributed by atoms with Crippen LogP contribution in [0.25, 0.3) is 0 Å². The van der Waals surface area contributed by atoms with Crippen molar-refractivity contribution in [2.24, 2.45) is 5.41 Å². The molecule has 1 aliphatic heterocycles. The molecule has 0 radical (unpaired) electrons. The first kappa shape index (κ1) is 17.1. The van der Waals surface area contributed by atoms with Crippen LogP contribution in [0.5, 0.6) is 11.5 Å². The molecule has 0 unspecified atom stereocenters. The molecule has 1 saturated heterocycles. The van der Waals surface area contributed by atoms with Gasteiger partial charge in [0, 0.05) is 44.2 Å². The third kappa shape index (κ3) is 3.54. The Morgan fingerprint density at radius 3 is 2.36 bits per heavy atom. The zero-order valence-electron chi connectivity index (χ0n) is 14.1. The van der Waals surface area contributed by atoms with Crippen molar-refractivity contribution in [1.29, 1.82) is 0 Å². The van der Waals surface area contributed by atoms with Crippen LogP contribution in [0.4, 0.5) is 0 Å². The lowest BCUT2D eigenvalue weighted by molar-refractivity contribution is 0.0304. The van der Waals surface area contributed by atoms with E-state index < -0.39 is 0 Å².